The van der Waals surface area contributed by atoms with Gasteiger partial charge < -0.3 is 14.8 Å². The van der Waals surface area contributed by atoms with Crippen molar-refractivity contribution in [2.24, 2.45) is 0 Å². The number of methoxy groups -OCH3 is 1. The SMILES string of the molecule is COCCNCC(=O)OCc1ccccc1.Cc1ccc(S(=O)(=O)O)cc1. The number of carbonyl (C=O) groups is 1. The third-order valence-corrected chi connectivity index (χ3v) is 4.18. The van der Waals surface area contributed by atoms with E-state index in [4.69, 9.17) is 14.0 Å². The number of aryl methyl sites for hydroxylation is 1. The van der Waals surface area contributed by atoms with E-state index in [0.29, 0.717) is 19.8 Å². The normalized spacial score (nSPS) is 10.6. The minimum atomic E-state index is -4.02. The Morgan fingerprint density at radius 1 is 1.07 bits per heavy atom. The number of hydrogen-bond acceptors (Lipinski definition) is 6. The molecule has 2 rings (SSSR count). The van der Waals surface area contributed by atoms with E-state index in [0.717, 1.165) is 11.1 Å². The molecule has 0 atom stereocenters. The highest BCUT2D eigenvalue weighted by Crippen LogP contribution is 2.08. The summed E-state index contributed by atoms with van der Waals surface area (Å²) < 4.78 is 39.5. The van der Waals surface area contributed by atoms with E-state index in [9.17, 15) is 13.2 Å². The van der Waals surface area contributed by atoms with Crippen LogP contribution < -0.4 is 5.32 Å². The van der Waals surface area contributed by atoms with Gasteiger partial charge in [0.05, 0.1) is 18.0 Å². The molecule has 0 aromatic heterocycles. The molecule has 2 N–H and O–H groups in total. The quantitative estimate of drug-likeness (QED) is 0.401. The molecule has 0 aliphatic carbocycles. The summed E-state index contributed by atoms with van der Waals surface area (Å²) >= 11 is 0. The summed E-state index contributed by atoms with van der Waals surface area (Å²) in [4.78, 5) is 11.2. The molecule has 0 spiro atoms. The van der Waals surface area contributed by atoms with Gasteiger partial charge in [-0.15, -0.1) is 0 Å². The summed E-state index contributed by atoms with van der Waals surface area (Å²) in [6.07, 6.45) is 0. The van der Waals surface area contributed by atoms with Gasteiger partial charge in [-0.05, 0) is 24.6 Å². The lowest BCUT2D eigenvalue weighted by Gasteiger charge is -2.05. The molecule has 8 heteroatoms. The first kappa shape index (κ1) is 22.8. The highest BCUT2D eigenvalue weighted by Gasteiger charge is 2.06. The minimum Gasteiger partial charge on any atom is -0.460 e. The van der Waals surface area contributed by atoms with E-state index in [1.165, 1.54) is 12.1 Å². The fourth-order valence-corrected chi connectivity index (χ4v) is 2.34. The second kappa shape index (κ2) is 12.2. The summed E-state index contributed by atoms with van der Waals surface area (Å²) in [7, 11) is -2.40. The summed E-state index contributed by atoms with van der Waals surface area (Å²) in [6, 6.07) is 15.6. The van der Waals surface area contributed by atoms with Gasteiger partial charge in [-0.2, -0.15) is 8.42 Å². The summed E-state index contributed by atoms with van der Waals surface area (Å²) in [6.45, 7) is 3.62. The Morgan fingerprint density at radius 3 is 2.26 bits per heavy atom. The minimum absolute atomic E-state index is 0.0666. The highest BCUT2D eigenvalue weighted by molar-refractivity contribution is 7.85. The number of carbonyl (C=O) groups excluding carboxylic acids is 1. The van der Waals surface area contributed by atoms with Gasteiger partial charge in [0.1, 0.15) is 6.61 Å². The van der Waals surface area contributed by atoms with Crippen LogP contribution in [-0.4, -0.2) is 45.7 Å². The monoisotopic (exact) mass is 395 g/mol. The number of rotatable bonds is 8. The van der Waals surface area contributed by atoms with E-state index in [1.807, 2.05) is 37.3 Å². The van der Waals surface area contributed by atoms with Crippen LogP contribution in [0.25, 0.3) is 0 Å². The number of hydrogen-bond donors (Lipinski definition) is 2. The number of ether oxygens (including phenoxy) is 2. The van der Waals surface area contributed by atoms with E-state index in [-0.39, 0.29) is 17.4 Å². The van der Waals surface area contributed by atoms with E-state index in [1.54, 1.807) is 19.2 Å². The van der Waals surface area contributed by atoms with Gasteiger partial charge in [-0.25, -0.2) is 0 Å². The molecule has 0 aliphatic heterocycles. The first-order valence-electron chi connectivity index (χ1n) is 8.26. The van der Waals surface area contributed by atoms with Crippen molar-refractivity contribution in [3.8, 4) is 0 Å². The zero-order valence-electron chi connectivity index (χ0n) is 15.4. The molecular formula is C19H25NO6S. The topological polar surface area (TPSA) is 102 Å². The first-order valence-corrected chi connectivity index (χ1v) is 9.70. The van der Waals surface area contributed by atoms with Crippen LogP contribution in [0.5, 0.6) is 0 Å². The molecule has 0 unspecified atom stereocenters. The fraction of sp³-hybridized carbons (Fsp3) is 0.316. The molecule has 2 aromatic rings. The summed E-state index contributed by atoms with van der Waals surface area (Å²) in [5.41, 5.74) is 1.95. The Kier molecular flexibility index (Phi) is 10.3. The van der Waals surface area contributed by atoms with Gasteiger partial charge in [-0.3, -0.25) is 9.35 Å². The van der Waals surface area contributed by atoms with Crippen LogP contribution in [0, 0.1) is 6.92 Å². The fourth-order valence-electron chi connectivity index (χ4n) is 1.86. The van der Waals surface area contributed by atoms with Crippen LogP contribution >= 0.6 is 0 Å². The Balaban J connectivity index is 0.000000289. The Labute approximate surface area is 160 Å². The molecular weight excluding hydrogens is 370 g/mol. The average Bonchev–Trinajstić information content (AvgIpc) is 2.64. The van der Waals surface area contributed by atoms with Crippen LogP contribution in [0.1, 0.15) is 11.1 Å². The zero-order chi connectivity index (χ0) is 20.1. The van der Waals surface area contributed by atoms with Crippen LogP contribution in [0.3, 0.4) is 0 Å². The zero-order valence-corrected chi connectivity index (χ0v) is 16.2. The first-order chi connectivity index (χ1) is 12.8. The van der Waals surface area contributed by atoms with Crippen LogP contribution in [-0.2, 0) is 31.0 Å². The lowest BCUT2D eigenvalue weighted by Crippen LogP contribution is -2.27. The molecule has 0 fully saturated rings. The maximum absolute atomic E-state index is 11.3. The van der Waals surface area contributed by atoms with Crippen molar-refractivity contribution in [1.29, 1.82) is 0 Å². The summed E-state index contributed by atoms with van der Waals surface area (Å²) in [5, 5.41) is 2.92. The Hall–Kier alpha value is -2.26. The molecule has 0 saturated heterocycles. The van der Waals surface area contributed by atoms with Crippen LogP contribution in [0.2, 0.25) is 0 Å². The predicted molar refractivity (Wildman–Crippen MR) is 102 cm³/mol. The van der Waals surface area contributed by atoms with Crippen molar-refractivity contribution in [2.45, 2.75) is 18.4 Å². The van der Waals surface area contributed by atoms with E-state index < -0.39 is 10.1 Å². The van der Waals surface area contributed by atoms with Crippen LogP contribution in [0.15, 0.2) is 59.5 Å². The molecule has 148 valence electrons. The van der Waals surface area contributed by atoms with Crippen LogP contribution in [0.4, 0.5) is 0 Å². The lowest BCUT2D eigenvalue weighted by molar-refractivity contribution is -0.143. The largest absolute Gasteiger partial charge is 0.460 e. The molecule has 27 heavy (non-hydrogen) atoms. The highest BCUT2D eigenvalue weighted by atomic mass is 32.2. The van der Waals surface area contributed by atoms with Crippen molar-refractivity contribution in [2.75, 3.05) is 26.8 Å². The maximum Gasteiger partial charge on any atom is 0.320 e. The molecule has 2 aromatic carbocycles. The van der Waals surface area contributed by atoms with Gasteiger partial charge in [0, 0.05) is 13.7 Å². The second-order valence-corrected chi connectivity index (χ2v) is 7.03. The third kappa shape index (κ3) is 10.5. The van der Waals surface area contributed by atoms with Gasteiger partial charge in [-0.1, -0.05) is 48.0 Å². The predicted octanol–water partition coefficient (Wildman–Crippen LogP) is 2.21. The second-order valence-electron chi connectivity index (χ2n) is 5.60. The number of esters is 1. The number of benzene rings is 2. The van der Waals surface area contributed by atoms with Gasteiger partial charge >= 0.3 is 5.97 Å². The lowest BCUT2D eigenvalue weighted by atomic mass is 10.2. The van der Waals surface area contributed by atoms with Gasteiger partial charge in [0.15, 0.2) is 0 Å². The average molecular weight is 395 g/mol. The van der Waals surface area contributed by atoms with E-state index in [2.05, 4.69) is 5.32 Å². The van der Waals surface area contributed by atoms with Crippen molar-refractivity contribution in [1.82, 2.24) is 5.32 Å². The maximum atomic E-state index is 11.3. The molecule has 0 aliphatic rings. The van der Waals surface area contributed by atoms with E-state index >= 15 is 0 Å². The summed E-state index contributed by atoms with van der Waals surface area (Å²) in [5.74, 6) is -0.250. The smallest absolute Gasteiger partial charge is 0.320 e. The molecule has 0 saturated carbocycles. The number of nitrogens with one attached hydrogen (secondary N) is 1. The van der Waals surface area contributed by atoms with Crippen molar-refractivity contribution < 1.29 is 27.2 Å². The molecule has 7 nitrogen and oxygen atoms in total. The molecule has 0 radical (unpaired) electrons. The third-order valence-electron chi connectivity index (χ3n) is 3.31. The molecule has 0 bridgehead atoms. The Morgan fingerprint density at radius 2 is 1.70 bits per heavy atom. The van der Waals surface area contributed by atoms with Crippen molar-refractivity contribution >= 4 is 16.1 Å². The molecule has 0 heterocycles. The van der Waals surface area contributed by atoms with Crippen molar-refractivity contribution in [3.63, 3.8) is 0 Å². The van der Waals surface area contributed by atoms with Crippen molar-refractivity contribution in [3.05, 3.63) is 65.7 Å². The molecule has 0 amide bonds. The van der Waals surface area contributed by atoms with Gasteiger partial charge in [0.2, 0.25) is 0 Å². The Bertz CT molecular complexity index is 776. The van der Waals surface area contributed by atoms with Gasteiger partial charge in [0.25, 0.3) is 10.1 Å². The standard InChI is InChI=1S/C12H17NO3.C7H8O3S/c1-15-8-7-13-9-12(14)16-10-11-5-3-2-4-6-11;1-6-2-4-7(5-3-6)11(8,9)10/h2-6,13H,7-10H2,1H3;2-5H,1H3,(H,8,9,10).